The molecule has 1 saturated heterocycles. The number of amides is 2. The van der Waals surface area contributed by atoms with Crippen molar-refractivity contribution in [2.75, 3.05) is 43.6 Å². The zero-order valence-corrected chi connectivity index (χ0v) is 21.3. The quantitative estimate of drug-likeness (QED) is 0.243. The number of thiophene rings is 1. The molecule has 0 atom stereocenters. The number of nitrogens with one attached hydrogen (secondary N) is 3. The molecule has 5 rings (SSSR count). The zero-order valence-electron chi connectivity index (χ0n) is 20.5. The second-order valence-corrected chi connectivity index (χ2v) is 9.19. The fraction of sp³-hybridized carbons (Fsp3) is 0.192. The number of ether oxygens (including phenoxy) is 2. The van der Waals surface area contributed by atoms with E-state index in [9.17, 15) is 10.1 Å². The fourth-order valence-electron chi connectivity index (χ4n) is 4.00. The number of morpholine rings is 1. The van der Waals surface area contributed by atoms with Crippen molar-refractivity contribution in [1.82, 2.24) is 20.6 Å². The Morgan fingerprint density at radius 1 is 1.21 bits per heavy atom. The van der Waals surface area contributed by atoms with Gasteiger partial charge in [0.05, 0.1) is 37.0 Å². The van der Waals surface area contributed by atoms with Crippen LogP contribution in [0.4, 0.5) is 15.5 Å². The maximum Gasteiger partial charge on any atom is 0.339 e. The summed E-state index contributed by atoms with van der Waals surface area (Å²) >= 11 is 1.49. The lowest BCUT2D eigenvalue weighted by atomic mass is 10.0. The van der Waals surface area contributed by atoms with Gasteiger partial charge in [-0.05, 0) is 47.5 Å². The third-order valence-electron chi connectivity index (χ3n) is 5.84. The number of aromatic amines is 1. The molecule has 0 saturated carbocycles. The molecule has 2 amide bonds. The van der Waals surface area contributed by atoms with Crippen molar-refractivity contribution in [2.24, 2.45) is 5.10 Å². The predicted molar refractivity (Wildman–Crippen MR) is 146 cm³/mol. The summed E-state index contributed by atoms with van der Waals surface area (Å²) in [6.07, 6.45) is 3.06. The Morgan fingerprint density at radius 2 is 1.97 bits per heavy atom. The molecule has 0 aliphatic carbocycles. The Hall–Kier alpha value is -4.73. The summed E-state index contributed by atoms with van der Waals surface area (Å²) in [5.41, 5.74) is 6.00. The molecule has 3 N–H and O–H groups in total. The molecule has 3 heterocycles. The van der Waals surface area contributed by atoms with E-state index in [1.165, 1.54) is 17.7 Å². The number of urea groups is 1. The van der Waals surface area contributed by atoms with E-state index in [-0.39, 0.29) is 0 Å². The summed E-state index contributed by atoms with van der Waals surface area (Å²) in [4.78, 5) is 19.6. The SMILES string of the molecule is COc1ccc(/C=N/NC(=O)Nc2ccc(-c3c(-c4nc[nH]n4)sc(N4CCOCC4)c3C#N)cc2)cc1. The molecule has 2 aromatic heterocycles. The smallest absolute Gasteiger partial charge is 0.339 e. The van der Waals surface area contributed by atoms with E-state index in [4.69, 9.17) is 9.47 Å². The third kappa shape index (κ3) is 5.49. The van der Waals surface area contributed by atoms with Crippen LogP contribution in [0.15, 0.2) is 60.0 Å². The van der Waals surface area contributed by atoms with Gasteiger partial charge in [0.2, 0.25) is 0 Å². The zero-order chi connectivity index (χ0) is 26.3. The topological polar surface area (TPSA) is 141 Å². The van der Waals surface area contributed by atoms with Crippen molar-refractivity contribution in [3.63, 3.8) is 0 Å². The van der Waals surface area contributed by atoms with Crippen molar-refractivity contribution in [1.29, 1.82) is 5.26 Å². The number of rotatable bonds is 7. The molecule has 1 aliphatic heterocycles. The Bertz CT molecular complexity index is 1450. The third-order valence-corrected chi connectivity index (χ3v) is 7.09. The van der Waals surface area contributed by atoms with Crippen LogP contribution >= 0.6 is 11.3 Å². The number of nitriles is 1. The number of hydrazone groups is 1. The van der Waals surface area contributed by atoms with E-state index in [0.717, 1.165) is 32.3 Å². The number of carbonyl (C=O) groups excluding carboxylic acids is 1. The van der Waals surface area contributed by atoms with Crippen molar-refractivity contribution < 1.29 is 14.3 Å². The minimum atomic E-state index is -0.480. The Balaban J connectivity index is 1.33. The van der Waals surface area contributed by atoms with E-state index in [1.54, 1.807) is 25.5 Å². The van der Waals surface area contributed by atoms with Gasteiger partial charge in [0.25, 0.3) is 0 Å². The first kappa shape index (κ1) is 24.9. The van der Waals surface area contributed by atoms with Gasteiger partial charge in [-0.15, -0.1) is 11.3 Å². The lowest BCUT2D eigenvalue weighted by Gasteiger charge is -2.27. The number of hydrogen-bond donors (Lipinski definition) is 3. The minimum Gasteiger partial charge on any atom is -0.497 e. The van der Waals surface area contributed by atoms with Crippen molar-refractivity contribution >= 4 is 34.3 Å². The highest BCUT2D eigenvalue weighted by Crippen LogP contribution is 2.46. The van der Waals surface area contributed by atoms with Crippen LogP contribution in [0.2, 0.25) is 0 Å². The lowest BCUT2D eigenvalue weighted by molar-refractivity contribution is 0.123. The van der Waals surface area contributed by atoms with Crippen LogP contribution in [-0.4, -0.2) is 60.8 Å². The second kappa shape index (κ2) is 11.5. The molecule has 192 valence electrons. The molecule has 2 aromatic carbocycles. The summed E-state index contributed by atoms with van der Waals surface area (Å²) in [5, 5.41) is 24.8. The number of nitrogens with zero attached hydrogens (tertiary/aromatic N) is 5. The summed E-state index contributed by atoms with van der Waals surface area (Å²) in [5.74, 6) is 1.27. The average Bonchev–Trinajstić information content (AvgIpc) is 3.63. The van der Waals surface area contributed by atoms with Crippen LogP contribution < -0.4 is 20.4 Å². The molecule has 1 fully saturated rings. The molecule has 4 aromatic rings. The minimum absolute atomic E-state index is 0.480. The number of anilines is 2. The van der Waals surface area contributed by atoms with Gasteiger partial charge in [0.15, 0.2) is 5.82 Å². The van der Waals surface area contributed by atoms with E-state index < -0.39 is 6.03 Å². The average molecular weight is 529 g/mol. The molecule has 0 bridgehead atoms. The summed E-state index contributed by atoms with van der Waals surface area (Å²) in [6, 6.07) is 16.5. The van der Waals surface area contributed by atoms with E-state index in [2.05, 4.69) is 42.0 Å². The Labute approximate surface area is 222 Å². The fourth-order valence-corrected chi connectivity index (χ4v) is 5.26. The number of hydrogen-bond acceptors (Lipinski definition) is 9. The van der Waals surface area contributed by atoms with Crippen molar-refractivity contribution in [3.8, 4) is 33.6 Å². The first-order valence-electron chi connectivity index (χ1n) is 11.8. The van der Waals surface area contributed by atoms with E-state index >= 15 is 0 Å². The number of carbonyl (C=O) groups is 1. The molecular weight excluding hydrogens is 504 g/mol. The number of benzene rings is 2. The first-order chi connectivity index (χ1) is 18.7. The molecule has 0 unspecified atom stereocenters. The maximum absolute atomic E-state index is 12.3. The second-order valence-electron chi connectivity index (χ2n) is 8.19. The highest BCUT2D eigenvalue weighted by molar-refractivity contribution is 7.20. The number of H-pyrrole nitrogens is 1. The molecule has 38 heavy (non-hydrogen) atoms. The van der Waals surface area contributed by atoms with Gasteiger partial charge in [-0.1, -0.05) is 12.1 Å². The van der Waals surface area contributed by atoms with Crippen LogP contribution in [0.25, 0.3) is 21.8 Å². The van der Waals surface area contributed by atoms with Crippen LogP contribution in [0, 0.1) is 11.3 Å². The van der Waals surface area contributed by atoms with Crippen molar-refractivity contribution in [3.05, 3.63) is 66.0 Å². The highest BCUT2D eigenvalue weighted by atomic mass is 32.1. The summed E-state index contributed by atoms with van der Waals surface area (Å²) in [6.45, 7) is 2.64. The van der Waals surface area contributed by atoms with Crippen molar-refractivity contribution in [2.45, 2.75) is 0 Å². The number of aromatic nitrogens is 3. The highest BCUT2D eigenvalue weighted by Gasteiger charge is 2.26. The normalized spacial score (nSPS) is 13.3. The largest absolute Gasteiger partial charge is 0.497 e. The van der Waals surface area contributed by atoms with Gasteiger partial charge in [-0.3, -0.25) is 5.10 Å². The molecule has 11 nitrogen and oxygen atoms in total. The van der Waals surface area contributed by atoms with Gasteiger partial charge < -0.3 is 19.7 Å². The maximum atomic E-state index is 12.3. The lowest BCUT2D eigenvalue weighted by Crippen LogP contribution is -2.36. The van der Waals surface area contributed by atoms with Gasteiger partial charge in [0.1, 0.15) is 23.1 Å². The Morgan fingerprint density at radius 3 is 2.63 bits per heavy atom. The monoisotopic (exact) mass is 528 g/mol. The summed E-state index contributed by atoms with van der Waals surface area (Å²) < 4.78 is 10.6. The predicted octanol–water partition coefficient (Wildman–Crippen LogP) is 4.07. The van der Waals surface area contributed by atoms with Gasteiger partial charge in [-0.25, -0.2) is 15.2 Å². The van der Waals surface area contributed by atoms with Crippen LogP contribution in [-0.2, 0) is 4.74 Å². The van der Waals surface area contributed by atoms with Crippen LogP contribution in [0.1, 0.15) is 11.1 Å². The van der Waals surface area contributed by atoms with Crippen LogP contribution in [0.3, 0.4) is 0 Å². The molecule has 0 spiro atoms. The number of methoxy groups -OCH3 is 1. The standard InChI is InChI=1S/C26H24N8O3S/c1-36-20-8-2-17(3-9-20)15-29-33-26(35)31-19-6-4-18(5-7-19)22-21(14-27)25(34-10-12-37-13-11-34)38-23(22)24-28-16-30-32-24/h2-9,15-16H,10-13H2,1H3,(H,28,30,32)(H2,31,33,35)/b29-15+. The van der Waals surface area contributed by atoms with Gasteiger partial charge in [-0.2, -0.15) is 15.5 Å². The van der Waals surface area contributed by atoms with Crippen LogP contribution in [0.5, 0.6) is 5.75 Å². The summed E-state index contributed by atoms with van der Waals surface area (Å²) in [7, 11) is 1.60. The first-order valence-corrected chi connectivity index (χ1v) is 12.6. The van der Waals surface area contributed by atoms with E-state index in [0.29, 0.717) is 43.4 Å². The van der Waals surface area contributed by atoms with Gasteiger partial charge >= 0.3 is 6.03 Å². The molecular formula is C26H24N8O3S. The molecule has 0 radical (unpaired) electrons. The van der Waals surface area contributed by atoms with Gasteiger partial charge in [0, 0.05) is 24.3 Å². The Kier molecular flexibility index (Phi) is 7.58. The van der Waals surface area contributed by atoms with E-state index in [1.807, 2.05) is 36.4 Å². The molecule has 12 heteroatoms. The molecule has 1 aliphatic rings.